The van der Waals surface area contributed by atoms with Gasteiger partial charge in [-0.3, -0.25) is 0 Å². The van der Waals surface area contributed by atoms with Crippen molar-refractivity contribution in [2.45, 2.75) is 66.0 Å². The highest BCUT2D eigenvalue weighted by molar-refractivity contribution is 4.90. The van der Waals surface area contributed by atoms with Gasteiger partial charge in [-0.2, -0.15) is 5.10 Å². The van der Waals surface area contributed by atoms with E-state index in [-0.39, 0.29) is 0 Å². The van der Waals surface area contributed by atoms with Gasteiger partial charge < -0.3 is 5.32 Å². The van der Waals surface area contributed by atoms with Crippen LogP contribution in [0.15, 0.2) is 6.33 Å². The van der Waals surface area contributed by atoms with E-state index in [1.165, 1.54) is 19.3 Å². The van der Waals surface area contributed by atoms with Crippen molar-refractivity contribution in [2.75, 3.05) is 6.54 Å². The summed E-state index contributed by atoms with van der Waals surface area (Å²) in [4.78, 5) is 4.41. The number of nitrogens with one attached hydrogen (secondary N) is 1. The molecule has 1 rings (SSSR count). The van der Waals surface area contributed by atoms with E-state index in [9.17, 15) is 0 Å². The Bertz CT molecular complexity index is 319. The van der Waals surface area contributed by atoms with Crippen molar-refractivity contribution in [3.63, 3.8) is 0 Å². The predicted molar refractivity (Wildman–Crippen MR) is 75.6 cm³/mol. The normalized spacial score (nSPS) is 13.2. The van der Waals surface area contributed by atoms with Crippen LogP contribution >= 0.6 is 0 Å². The Morgan fingerprint density at radius 3 is 2.72 bits per heavy atom. The molecule has 0 aliphatic carbocycles. The summed E-state index contributed by atoms with van der Waals surface area (Å²) in [6.45, 7) is 10.8. The van der Waals surface area contributed by atoms with Crippen LogP contribution in [0.1, 0.15) is 52.8 Å². The molecule has 4 nitrogen and oxygen atoms in total. The smallest absolute Gasteiger partial charge is 0.138 e. The number of rotatable bonds is 9. The lowest BCUT2D eigenvalue weighted by atomic mass is 10.1. The lowest BCUT2D eigenvalue weighted by molar-refractivity contribution is 0.426. The molecule has 1 aromatic rings. The molecule has 1 atom stereocenters. The molecule has 0 aliphatic rings. The fraction of sp³-hybridized carbons (Fsp3) is 0.857. The van der Waals surface area contributed by atoms with Gasteiger partial charge in [0.15, 0.2) is 0 Å². The van der Waals surface area contributed by atoms with E-state index >= 15 is 0 Å². The van der Waals surface area contributed by atoms with Crippen molar-refractivity contribution in [3.8, 4) is 0 Å². The minimum Gasteiger partial charge on any atom is -0.314 e. The summed E-state index contributed by atoms with van der Waals surface area (Å²) in [5.41, 5.74) is 0. The topological polar surface area (TPSA) is 42.7 Å². The molecule has 1 N–H and O–H groups in total. The molecule has 104 valence electrons. The summed E-state index contributed by atoms with van der Waals surface area (Å²) < 4.78 is 2.06. The van der Waals surface area contributed by atoms with Gasteiger partial charge in [-0.15, -0.1) is 0 Å². The van der Waals surface area contributed by atoms with Crippen LogP contribution in [0.3, 0.4) is 0 Å². The van der Waals surface area contributed by atoms with Gasteiger partial charge in [0.05, 0.1) is 0 Å². The molecule has 0 aromatic carbocycles. The molecule has 0 saturated carbocycles. The zero-order valence-electron chi connectivity index (χ0n) is 12.3. The molecule has 18 heavy (non-hydrogen) atoms. The fourth-order valence-corrected chi connectivity index (χ4v) is 2.18. The summed E-state index contributed by atoms with van der Waals surface area (Å²) in [6, 6.07) is 0.532. The van der Waals surface area contributed by atoms with E-state index < -0.39 is 0 Å². The Morgan fingerprint density at radius 1 is 1.33 bits per heavy atom. The second-order valence-electron chi connectivity index (χ2n) is 5.35. The van der Waals surface area contributed by atoms with E-state index in [1.807, 2.05) is 0 Å². The molecule has 0 aliphatic heterocycles. The van der Waals surface area contributed by atoms with Crippen LogP contribution in [0, 0.1) is 5.92 Å². The quantitative estimate of drug-likeness (QED) is 0.734. The SMILES string of the molecule is CCCCC(Cc1ncnn1CC(C)C)NCC. The summed E-state index contributed by atoms with van der Waals surface area (Å²) >= 11 is 0. The van der Waals surface area contributed by atoms with Crippen LogP contribution in [0.25, 0.3) is 0 Å². The maximum absolute atomic E-state index is 4.41. The third-order valence-electron chi connectivity index (χ3n) is 3.06. The number of likely N-dealkylation sites (N-methyl/N-ethyl adjacent to an activating group) is 1. The molecule has 0 saturated heterocycles. The Labute approximate surface area is 111 Å². The van der Waals surface area contributed by atoms with Crippen LogP contribution in [0.2, 0.25) is 0 Å². The van der Waals surface area contributed by atoms with E-state index in [0.717, 1.165) is 25.3 Å². The van der Waals surface area contributed by atoms with Crippen LogP contribution < -0.4 is 5.32 Å². The van der Waals surface area contributed by atoms with Crippen molar-refractivity contribution >= 4 is 0 Å². The highest BCUT2D eigenvalue weighted by atomic mass is 15.3. The number of hydrogen-bond donors (Lipinski definition) is 1. The van der Waals surface area contributed by atoms with E-state index in [2.05, 4.69) is 47.8 Å². The molecule has 1 aromatic heterocycles. The van der Waals surface area contributed by atoms with Crippen LogP contribution in [0.4, 0.5) is 0 Å². The van der Waals surface area contributed by atoms with Gasteiger partial charge in [-0.1, -0.05) is 40.5 Å². The van der Waals surface area contributed by atoms with Gasteiger partial charge in [0.2, 0.25) is 0 Å². The van der Waals surface area contributed by atoms with Crippen LogP contribution in [0.5, 0.6) is 0 Å². The van der Waals surface area contributed by atoms with Gasteiger partial charge in [0.1, 0.15) is 12.2 Å². The highest BCUT2D eigenvalue weighted by Gasteiger charge is 2.13. The molecule has 0 bridgehead atoms. The average molecular weight is 252 g/mol. The zero-order valence-corrected chi connectivity index (χ0v) is 12.3. The zero-order chi connectivity index (χ0) is 13.4. The van der Waals surface area contributed by atoms with Crippen molar-refractivity contribution in [2.24, 2.45) is 5.92 Å². The largest absolute Gasteiger partial charge is 0.314 e. The minimum absolute atomic E-state index is 0.532. The van der Waals surface area contributed by atoms with Crippen molar-refractivity contribution in [3.05, 3.63) is 12.2 Å². The van der Waals surface area contributed by atoms with Gasteiger partial charge >= 0.3 is 0 Å². The van der Waals surface area contributed by atoms with E-state index in [0.29, 0.717) is 12.0 Å². The molecule has 1 unspecified atom stereocenters. The number of aromatic nitrogens is 3. The lowest BCUT2D eigenvalue weighted by Crippen LogP contribution is -2.32. The highest BCUT2D eigenvalue weighted by Crippen LogP contribution is 2.08. The maximum Gasteiger partial charge on any atom is 0.138 e. The molecule has 1 heterocycles. The molecule has 0 spiro atoms. The summed E-state index contributed by atoms with van der Waals surface area (Å²) in [7, 11) is 0. The Hall–Kier alpha value is -0.900. The Balaban J connectivity index is 2.59. The first-order valence-electron chi connectivity index (χ1n) is 7.27. The first kappa shape index (κ1) is 15.2. The van der Waals surface area contributed by atoms with Gasteiger partial charge in [-0.25, -0.2) is 9.67 Å². The summed E-state index contributed by atoms with van der Waals surface area (Å²) in [6.07, 6.45) is 6.41. The van der Waals surface area contributed by atoms with Crippen molar-refractivity contribution in [1.29, 1.82) is 0 Å². The van der Waals surface area contributed by atoms with Gasteiger partial charge in [0, 0.05) is 19.0 Å². The molecular weight excluding hydrogens is 224 g/mol. The summed E-state index contributed by atoms with van der Waals surface area (Å²) in [5, 5.41) is 7.88. The van der Waals surface area contributed by atoms with E-state index in [4.69, 9.17) is 0 Å². The number of unbranched alkanes of at least 4 members (excludes halogenated alkanes) is 1. The van der Waals surface area contributed by atoms with Crippen molar-refractivity contribution < 1.29 is 0 Å². The van der Waals surface area contributed by atoms with Crippen molar-refractivity contribution in [1.82, 2.24) is 20.1 Å². The maximum atomic E-state index is 4.41. The predicted octanol–water partition coefficient (Wildman–Crippen LogP) is 2.64. The third kappa shape index (κ3) is 5.17. The molecule has 0 radical (unpaired) electrons. The monoisotopic (exact) mass is 252 g/mol. The molecule has 0 fully saturated rings. The Kier molecular flexibility index (Phi) is 6.94. The number of hydrogen-bond acceptors (Lipinski definition) is 3. The number of nitrogens with zero attached hydrogens (tertiary/aromatic N) is 3. The van der Waals surface area contributed by atoms with Crippen LogP contribution in [-0.4, -0.2) is 27.4 Å². The van der Waals surface area contributed by atoms with Crippen LogP contribution in [-0.2, 0) is 13.0 Å². The first-order chi connectivity index (χ1) is 8.67. The lowest BCUT2D eigenvalue weighted by Gasteiger charge is -2.18. The molecule has 0 amide bonds. The van der Waals surface area contributed by atoms with Gasteiger partial charge in [-0.05, 0) is 18.9 Å². The Morgan fingerprint density at radius 2 is 2.11 bits per heavy atom. The van der Waals surface area contributed by atoms with Gasteiger partial charge in [0.25, 0.3) is 0 Å². The standard InChI is InChI=1S/C14H28N4/c1-5-7-8-13(15-6-2)9-14-16-11-17-18(14)10-12(3)4/h11-13,15H,5-10H2,1-4H3. The average Bonchev–Trinajstić information content (AvgIpc) is 2.73. The second kappa shape index (κ2) is 8.25. The third-order valence-corrected chi connectivity index (χ3v) is 3.06. The second-order valence-corrected chi connectivity index (χ2v) is 5.35. The fourth-order valence-electron chi connectivity index (χ4n) is 2.18. The first-order valence-corrected chi connectivity index (χ1v) is 7.27. The van der Waals surface area contributed by atoms with E-state index in [1.54, 1.807) is 6.33 Å². The molecular formula is C14H28N4. The molecule has 4 heteroatoms. The summed E-state index contributed by atoms with van der Waals surface area (Å²) in [5.74, 6) is 1.73. The minimum atomic E-state index is 0.532.